The maximum Gasteiger partial charge on any atom is 0.129 e. The molecule has 4 heteroatoms. The summed E-state index contributed by atoms with van der Waals surface area (Å²) in [6, 6.07) is 36.3. The van der Waals surface area contributed by atoms with Gasteiger partial charge in [-0.15, -0.1) is 0 Å². The summed E-state index contributed by atoms with van der Waals surface area (Å²) in [5.74, 6) is 0.203. The van der Waals surface area contributed by atoms with Crippen molar-refractivity contribution in [3.8, 4) is 5.75 Å². The van der Waals surface area contributed by atoms with Crippen LogP contribution in [0.3, 0.4) is 0 Å². The third-order valence-electron chi connectivity index (χ3n) is 5.76. The van der Waals surface area contributed by atoms with Crippen LogP contribution in [0.5, 0.6) is 5.75 Å². The molecule has 0 aliphatic rings. The van der Waals surface area contributed by atoms with Crippen LogP contribution in [0.4, 0.5) is 0 Å². The molecule has 0 bridgehead atoms. The molecule has 162 valence electrons. The quantitative estimate of drug-likeness (QED) is 0.282. The van der Waals surface area contributed by atoms with Crippen molar-refractivity contribution in [3.05, 3.63) is 136 Å². The second kappa shape index (κ2) is 10.1. The van der Waals surface area contributed by atoms with E-state index in [0.717, 1.165) is 22.3 Å². The lowest BCUT2D eigenvalue weighted by atomic mass is 9.76. The maximum absolute atomic E-state index is 10.4. The lowest BCUT2D eigenvalue weighted by Crippen LogP contribution is -2.51. The second-order valence-electron chi connectivity index (χ2n) is 7.86. The molecule has 0 amide bonds. The van der Waals surface area contributed by atoms with Crippen LogP contribution in [0.15, 0.2) is 114 Å². The summed E-state index contributed by atoms with van der Waals surface area (Å²) in [5, 5.41) is 24.1. The third kappa shape index (κ3) is 4.63. The highest BCUT2D eigenvalue weighted by atomic mass is 79.9. The zero-order chi connectivity index (χ0) is 22.4. The number of aliphatic hydroxyl groups is 1. The number of phenols is 1. The number of halogens is 1. The van der Waals surface area contributed by atoms with Gasteiger partial charge in [0.15, 0.2) is 0 Å². The highest BCUT2D eigenvalue weighted by Crippen LogP contribution is 2.37. The topological polar surface area (TPSA) is 52.5 Å². The Morgan fingerprint density at radius 1 is 0.719 bits per heavy atom. The van der Waals surface area contributed by atoms with Crippen LogP contribution in [0.1, 0.15) is 22.3 Å². The lowest BCUT2D eigenvalue weighted by Gasteiger charge is -2.40. The van der Waals surface area contributed by atoms with Gasteiger partial charge in [-0.25, -0.2) is 0 Å². The Bertz CT molecular complexity index is 1040. The summed E-state index contributed by atoms with van der Waals surface area (Å²) in [5.41, 5.74) is 3.67. The molecule has 0 heterocycles. The first-order valence-corrected chi connectivity index (χ1v) is 11.5. The number of hydrogen-bond acceptors (Lipinski definition) is 3. The molecule has 0 aliphatic carbocycles. The monoisotopic (exact) mass is 487 g/mol. The summed E-state index contributed by atoms with van der Waals surface area (Å²) in [4.78, 5) is 0. The molecule has 1 unspecified atom stereocenters. The van der Waals surface area contributed by atoms with Crippen LogP contribution in [-0.4, -0.2) is 22.9 Å². The lowest BCUT2D eigenvalue weighted by molar-refractivity contribution is 0.221. The molecule has 0 aliphatic heterocycles. The first-order chi connectivity index (χ1) is 15.6. The fourth-order valence-electron chi connectivity index (χ4n) is 4.24. The van der Waals surface area contributed by atoms with Gasteiger partial charge in [-0.3, -0.25) is 5.32 Å². The van der Waals surface area contributed by atoms with Gasteiger partial charge in [0, 0.05) is 6.04 Å². The predicted octanol–water partition coefficient (Wildman–Crippen LogP) is 5.64. The van der Waals surface area contributed by atoms with Crippen molar-refractivity contribution in [3.63, 3.8) is 0 Å². The second-order valence-corrected chi connectivity index (χ2v) is 8.72. The molecule has 0 radical (unpaired) electrons. The van der Waals surface area contributed by atoms with E-state index in [2.05, 4.69) is 57.6 Å². The van der Waals surface area contributed by atoms with Crippen LogP contribution < -0.4 is 5.32 Å². The van der Waals surface area contributed by atoms with Crippen LogP contribution in [0.25, 0.3) is 0 Å². The Balaban J connectivity index is 1.83. The number of aromatic hydroxyl groups is 1. The van der Waals surface area contributed by atoms with E-state index in [1.165, 1.54) is 0 Å². The van der Waals surface area contributed by atoms with Crippen molar-refractivity contribution in [2.24, 2.45) is 0 Å². The van der Waals surface area contributed by atoms with Gasteiger partial charge in [-0.2, -0.15) is 0 Å². The van der Waals surface area contributed by atoms with Crippen molar-refractivity contribution in [1.82, 2.24) is 5.32 Å². The molecule has 0 saturated carbocycles. The molecule has 32 heavy (non-hydrogen) atoms. The van der Waals surface area contributed by atoms with Gasteiger partial charge in [-0.05, 0) is 56.7 Å². The van der Waals surface area contributed by atoms with E-state index < -0.39 is 5.54 Å². The molecule has 0 saturated heterocycles. The number of rotatable bonds is 8. The first kappa shape index (κ1) is 22.3. The number of aliphatic hydroxyl groups excluding tert-OH is 1. The van der Waals surface area contributed by atoms with Gasteiger partial charge in [0.2, 0.25) is 0 Å². The minimum Gasteiger partial charge on any atom is -0.507 e. The average Bonchev–Trinajstić information content (AvgIpc) is 2.85. The van der Waals surface area contributed by atoms with Crippen molar-refractivity contribution in [1.29, 1.82) is 0 Å². The zero-order valence-corrected chi connectivity index (χ0v) is 19.2. The zero-order valence-electron chi connectivity index (χ0n) is 17.7. The highest BCUT2D eigenvalue weighted by Gasteiger charge is 2.37. The summed E-state index contributed by atoms with van der Waals surface area (Å²) in [6.07, 6.45) is 0.601. The molecule has 0 spiro atoms. The number of benzene rings is 4. The SMILES string of the molecule is OCC(Cc1ccc(O)c(Br)c1)NC(c1ccccc1)(c1ccccc1)c1ccccc1. The van der Waals surface area contributed by atoms with Gasteiger partial charge in [-0.1, -0.05) is 97.1 Å². The molecule has 4 aromatic carbocycles. The fourth-order valence-corrected chi connectivity index (χ4v) is 4.67. The molecule has 4 rings (SSSR count). The first-order valence-electron chi connectivity index (χ1n) is 10.7. The number of phenolic OH excluding ortho intramolecular Hbond substituents is 1. The normalized spacial score (nSPS) is 12.4. The summed E-state index contributed by atoms with van der Waals surface area (Å²) >= 11 is 3.40. The van der Waals surface area contributed by atoms with Gasteiger partial charge in [0.05, 0.1) is 16.6 Å². The number of hydrogen-bond donors (Lipinski definition) is 3. The molecular formula is C28H26BrNO2. The van der Waals surface area contributed by atoms with E-state index in [1.54, 1.807) is 6.07 Å². The van der Waals surface area contributed by atoms with E-state index >= 15 is 0 Å². The van der Waals surface area contributed by atoms with E-state index in [4.69, 9.17) is 0 Å². The van der Waals surface area contributed by atoms with Crippen LogP contribution in [0.2, 0.25) is 0 Å². The number of nitrogens with one attached hydrogen (secondary N) is 1. The van der Waals surface area contributed by atoms with Gasteiger partial charge < -0.3 is 10.2 Å². The van der Waals surface area contributed by atoms with Crippen LogP contribution in [-0.2, 0) is 12.0 Å². The summed E-state index contributed by atoms with van der Waals surface area (Å²) in [6.45, 7) is -0.0350. The molecular weight excluding hydrogens is 462 g/mol. The smallest absolute Gasteiger partial charge is 0.129 e. The molecule has 3 N–H and O–H groups in total. The van der Waals surface area contributed by atoms with E-state index in [0.29, 0.717) is 10.9 Å². The molecule has 0 aromatic heterocycles. The molecule has 3 nitrogen and oxygen atoms in total. The Kier molecular flexibility index (Phi) is 7.05. The third-order valence-corrected chi connectivity index (χ3v) is 6.39. The average molecular weight is 488 g/mol. The van der Waals surface area contributed by atoms with Gasteiger partial charge in [0.25, 0.3) is 0 Å². The van der Waals surface area contributed by atoms with Crippen LogP contribution in [0, 0.1) is 0 Å². The summed E-state index contributed by atoms with van der Waals surface area (Å²) < 4.78 is 0.645. The largest absolute Gasteiger partial charge is 0.507 e. The summed E-state index contributed by atoms with van der Waals surface area (Å²) in [7, 11) is 0. The van der Waals surface area contributed by atoms with Crippen molar-refractivity contribution in [2.75, 3.05) is 6.61 Å². The Morgan fingerprint density at radius 2 is 1.19 bits per heavy atom. The maximum atomic E-state index is 10.4. The standard InChI is InChI=1S/C28H26BrNO2/c29-26-19-21(16-17-27(26)32)18-25(20-31)30-28(22-10-4-1-5-11-22,23-12-6-2-7-13-23)24-14-8-3-9-15-24/h1-17,19,25,30-32H,18,20H2. The van der Waals surface area contributed by atoms with Crippen molar-refractivity contribution < 1.29 is 10.2 Å². The van der Waals surface area contributed by atoms with Gasteiger partial charge in [0.1, 0.15) is 5.75 Å². The Hall–Kier alpha value is -2.92. The molecule has 1 atom stereocenters. The van der Waals surface area contributed by atoms with Crippen molar-refractivity contribution >= 4 is 15.9 Å². The Labute approximate surface area is 197 Å². The van der Waals surface area contributed by atoms with Crippen LogP contribution >= 0.6 is 15.9 Å². The minimum atomic E-state index is -0.647. The van der Waals surface area contributed by atoms with E-state index in [1.807, 2.05) is 66.7 Å². The van der Waals surface area contributed by atoms with E-state index in [-0.39, 0.29) is 18.4 Å². The van der Waals surface area contributed by atoms with Gasteiger partial charge >= 0.3 is 0 Å². The highest BCUT2D eigenvalue weighted by molar-refractivity contribution is 9.10. The van der Waals surface area contributed by atoms with Crippen molar-refractivity contribution in [2.45, 2.75) is 18.0 Å². The predicted molar refractivity (Wildman–Crippen MR) is 133 cm³/mol. The molecule has 0 fully saturated rings. The van der Waals surface area contributed by atoms with E-state index in [9.17, 15) is 10.2 Å². The molecule has 4 aromatic rings. The minimum absolute atomic E-state index is 0.0350. The Morgan fingerprint density at radius 3 is 1.59 bits per heavy atom. The fraction of sp³-hybridized carbons (Fsp3) is 0.143.